The summed E-state index contributed by atoms with van der Waals surface area (Å²) in [6.45, 7) is 2.00. The van der Waals surface area contributed by atoms with E-state index in [1.54, 1.807) is 42.7 Å². The monoisotopic (exact) mass is 473 g/mol. The van der Waals surface area contributed by atoms with E-state index in [9.17, 15) is 0 Å². The Labute approximate surface area is 204 Å². The SMILES string of the molecule is C.CNc1c(OC)cccc1OC.COc1ccc(C)c(OC)c1.COc1cccc(OC)c1. The summed E-state index contributed by atoms with van der Waals surface area (Å²) in [5.41, 5.74) is 2.00. The molecule has 188 valence electrons. The van der Waals surface area contributed by atoms with Crippen molar-refractivity contribution >= 4 is 5.69 Å². The molecule has 7 nitrogen and oxygen atoms in total. The summed E-state index contributed by atoms with van der Waals surface area (Å²) in [6, 6.07) is 18.9. The third-order valence-electron chi connectivity index (χ3n) is 4.57. The van der Waals surface area contributed by atoms with E-state index < -0.39 is 0 Å². The van der Waals surface area contributed by atoms with Gasteiger partial charge in [-0.15, -0.1) is 0 Å². The van der Waals surface area contributed by atoms with Gasteiger partial charge in [0, 0.05) is 19.2 Å². The van der Waals surface area contributed by atoms with E-state index >= 15 is 0 Å². The lowest BCUT2D eigenvalue weighted by Gasteiger charge is -2.11. The van der Waals surface area contributed by atoms with Crippen LogP contribution in [0.1, 0.15) is 13.0 Å². The van der Waals surface area contributed by atoms with Crippen LogP contribution < -0.4 is 33.7 Å². The molecule has 7 heteroatoms. The van der Waals surface area contributed by atoms with Crippen molar-refractivity contribution in [2.45, 2.75) is 14.4 Å². The second-order valence-electron chi connectivity index (χ2n) is 6.51. The number of aryl methyl sites for hydroxylation is 1. The number of rotatable bonds is 7. The second kappa shape index (κ2) is 16.8. The van der Waals surface area contributed by atoms with E-state index in [0.717, 1.165) is 45.7 Å². The molecule has 0 bridgehead atoms. The maximum Gasteiger partial charge on any atom is 0.145 e. The zero-order valence-corrected chi connectivity index (χ0v) is 20.7. The fourth-order valence-electron chi connectivity index (χ4n) is 2.75. The molecular formula is C27H39NO6. The Morgan fingerprint density at radius 1 is 0.529 bits per heavy atom. The predicted molar refractivity (Wildman–Crippen MR) is 140 cm³/mol. The summed E-state index contributed by atoms with van der Waals surface area (Å²) in [7, 11) is 11.7. The molecule has 0 atom stereocenters. The minimum Gasteiger partial charge on any atom is -0.497 e. The van der Waals surface area contributed by atoms with E-state index in [1.165, 1.54) is 0 Å². The Morgan fingerprint density at radius 3 is 1.38 bits per heavy atom. The van der Waals surface area contributed by atoms with Crippen LogP contribution in [0.15, 0.2) is 60.7 Å². The van der Waals surface area contributed by atoms with Gasteiger partial charge in [-0.05, 0) is 42.8 Å². The van der Waals surface area contributed by atoms with Gasteiger partial charge in [0.1, 0.15) is 40.2 Å². The first kappa shape index (κ1) is 30.3. The second-order valence-corrected chi connectivity index (χ2v) is 6.51. The number of benzene rings is 3. The summed E-state index contributed by atoms with van der Waals surface area (Å²) in [5, 5.41) is 3.02. The lowest BCUT2D eigenvalue weighted by atomic mass is 10.2. The first-order valence-corrected chi connectivity index (χ1v) is 10.2. The van der Waals surface area contributed by atoms with E-state index in [-0.39, 0.29) is 7.43 Å². The fraction of sp³-hybridized carbons (Fsp3) is 0.333. The van der Waals surface area contributed by atoms with Gasteiger partial charge < -0.3 is 33.7 Å². The standard InChI is InChI=1S/C9H13NO2.C9H12O2.C8H10O2.CH4/c1-10-9-7(11-2)5-4-6-8(9)12-3;1-7-4-5-8(10-2)6-9(7)11-3;1-9-7-4-3-5-8(6-7)10-2;/h4-6,10H,1-3H3;4-6H,1-3H3;3-6H,1-2H3;1H4. The Bertz CT molecular complexity index is 920. The molecular weight excluding hydrogens is 434 g/mol. The van der Waals surface area contributed by atoms with Gasteiger partial charge in [0.15, 0.2) is 0 Å². The van der Waals surface area contributed by atoms with Gasteiger partial charge in [0.2, 0.25) is 0 Å². The lowest BCUT2D eigenvalue weighted by molar-refractivity contribution is 0.392. The molecule has 0 heterocycles. The smallest absolute Gasteiger partial charge is 0.145 e. The molecule has 0 aliphatic rings. The van der Waals surface area contributed by atoms with E-state index in [1.807, 2.05) is 74.6 Å². The number of para-hydroxylation sites is 1. The van der Waals surface area contributed by atoms with Crippen molar-refractivity contribution in [1.29, 1.82) is 0 Å². The fourth-order valence-corrected chi connectivity index (χ4v) is 2.75. The molecule has 0 unspecified atom stereocenters. The zero-order chi connectivity index (χ0) is 24.6. The zero-order valence-electron chi connectivity index (χ0n) is 20.7. The Morgan fingerprint density at radius 2 is 0.971 bits per heavy atom. The van der Waals surface area contributed by atoms with Crippen LogP contribution >= 0.6 is 0 Å². The molecule has 3 aromatic rings. The van der Waals surface area contributed by atoms with Gasteiger partial charge in [0.05, 0.1) is 42.7 Å². The molecule has 3 aromatic carbocycles. The van der Waals surface area contributed by atoms with Crippen molar-refractivity contribution in [3.8, 4) is 34.5 Å². The highest BCUT2D eigenvalue weighted by molar-refractivity contribution is 5.65. The molecule has 34 heavy (non-hydrogen) atoms. The van der Waals surface area contributed by atoms with Crippen LogP contribution in [0.4, 0.5) is 5.69 Å². The van der Waals surface area contributed by atoms with Crippen LogP contribution in [0.2, 0.25) is 0 Å². The maximum atomic E-state index is 5.14. The van der Waals surface area contributed by atoms with E-state index in [2.05, 4.69) is 5.32 Å². The number of nitrogens with one attached hydrogen (secondary N) is 1. The van der Waals surface area contributed by atoms with Crippen molar-refractivity contribution in [1.82, 2.24) is 0 Å². The van der Waals surface area contributed by atoms with Crippen molar-refractivity contribution in [2.75, 3.05) is 55.0 Å². The minimum atomic E-state index is 0. The first-order chi connectivity index (χ1) is 16.0. The highest BCUT2D eigenvalue weighted by Gasteiger charge is 2.06. The average Bonchev–Trinajstić information content (AvgIpc) is 2.89. The summed E-state index contributed by atoms with van der Waals surface area (Å²) < 4.78 is 30.4. The summed E-state index contributed by atoms with van der Waals surface area (Å²) in [4.78, 5) is 0. The van der Waals surface area contributed by atoms with Crippen molar-refractivity contribution in [3.63, 3.8) is 0 Å². The molecule has 0 aromatic heterocycles. The molecule has 0 aliphatic heterocycles. The summed E-state index contributed by atoms with van der Waals surface area (Å²) >= 11 is 0. The van der Waals surface area contributed by atoms with Crippen molar-refractivity contribution < 1.29 is 28.4 Å². The third kappa shape index (κ3) is 9.40. The topological polar surface area (TPSA) is 67.4 Å². The normalized spacial score (nSPS) is 8.94. The van der Waals surface area contributed by atoms with Crippen LogP contribution in [0, 0.1) is 6.92 Å². The number of hydrogen-bond donors (Lipinski definition) is 1. The highest BCUT2D eigenvalue weighted by Crippen LogP contribution is 2.33. The van der Waals surface area contributed by atoms with Crippen molar-refractivity contribution in [3.05, 3.63) is 66.2 Å². The Balaban J connectivity index is 0.000000475. The molecule has 0 saturated carbocycles. The lowest BCUT2D eigenvalue weighted by Crippen LogP contribution is -1.96. The molecule has 0 aliphatic carbocycles. The van der Waals surface area contributed by atoms with Crippen LogP contribution in [0.5, 0.6) is 34.5 Å². The third-order valence-corrected chi connectivity index (χ3v) is 4.57. The molecule has 0 spiro atoms. The van der Waals surface area contributed by atoms with E-state index in [0.29, 0.717) is 0 Å². The van der Waals surface area contributed by atoms with Crippen LogP contribution in [-0.4, -0.2) is 49.7 Å². The van der Waals surface area contributed by atoms with Gasteiger partial charge in [-0.25, -0.2) is 0 Å². The first-order valence-electron chi connectivity index (χ1n) is 10.2. The number of hydrogen-bond acceptors (Lipinski definition) is 7. The van der Waals surface area contributed by atoms with Gasteiger partial charge in [-0.1, -0.05) is 25.6 Å². The van der Waals surface area contributed by atoms with Crippen molar-refractivity contribution in [2.24, 2.45) is 0 Å². The maximum absolute atomic E-state index is 5.14. The van der Waals surface area contributed by atoms with Crippen LogP contribution in [0.25, 0.3) is 0 Å². The van der Waals surface area contributed by atoms with Gasteiger partial charge in [-0.2, -0.15) is 0 Å². The number of anilines is 1. The minimum absolute atomic E-state index is 0. The highest BCUT2D eigenvalue weighted by atomic mass is 16.5. The van der Waals surface area contributed by atoms with Crippen LogP contribution in [-0.2, 0) is 0 Å². The number of methoxy groups -OCH3 is 6. The molecule has 0 radical (unpaired) electrons. The molecule has 0 fully saturated rings. The van der Waals surface area contributed by atoms with E-state index in [4.69, 9.17) is 28.4 Å². The quantitative estimate of drug-likeness (QED) is 0.445. The van der Waals surface area contributed by atoms with Gasteiger partial charge in [-0.3, -0.25) is 0 Å². The molecule has 1 N–H and O–H groups in total. The largest absolute Gasteiger partial charge is 0.497 e. The summed E-state index contributed by atoms with van der Waals surface area (Å²) in [6.07, 6.45) is 0. The number of ether oxygens (including phenoxy) is 6. The van der Waals surface area contributed by atoms with Gasteiger partial charge >= 0.3 is 0 Å². The Kier molecular flexibility index (Phi) is 15.0. The van der Waals surface area contributed by atoms with Gasteiger partial charge in [0.25, 0.3) is 0 Å². The molecule has 0 amide bonds. The predicted octanol–water partition coefficient (Wildman–Crippen LogP) is 6.10. The Hall–Kier alpha value is -3.74. The average molecular weight is 474 g/mol. The summed E-state index contributed by atoms with van der Waals surface area (Å²) in [5.74, 6) is 4.91. The molecule has 0 saturated heterocycles. The molecule has 3 rings (SSSR count). The van der Waals surface area contributed by atoms with Crippen LogP contribution in [0.3, 0.4) is 0 Å².